The predicted molar refractivity (Wildman–Crippen MR) is 89.6 cm³/mol. The van der Waals surface area contributed by atoms with Crippen LogP contribution in [0.2, 0.25) is 0 Å². The van der Waals surface area contributed by atoms with Gasteiger partial charge in [-0.25, -0.2) is 0 Å². The van der Waals surface area contributed by atoms with Crippen LogP contribution in [0.3, 0.4) is 0 Å². The van der Waals surface area contributed by atoms with Crippen LogP contribution in [0.4, 0.5) is 5.69 Å². The maximum absolute atomic E-state index is 12.4. The van der Waals surface area contributed by atoms with Crippen molar-refractivity contribution in [1.29, 1.82) is 0 Å². The predicted octanol–water partition coefficient (Wildman–Crippen LogP) is 2.22. The van der Waals surface area contributed by atoms with Crippen LogP contribution in [-0.4, -0.2) is 41.3 Å². The molecule has 0 atom stereocenters. The van der Waals surface area contributed by atoms with Crippen molar-refractivity contribution in [3.63, 3.8) is 0 Å². The van der Waals surface area contributed by atoms with Crippen LogP contribution in [0.25, 0.3) is 0 Å². The van der Waals surface area contributed by atoms with Crippen LogP contribution in [0, 0.1) is 22.0 Å². The molecular formula is C17H23N3O4. The molecule has 0 radical (unpaired) electrons. The second-order valence-corrected chi connectivity index (χ2v) is 6.51. The van der Waals surface area contributed by atoms with Crippen molar-refractivity contribution in [2.75, 3.05) is 19.6 Å². The van der Waals surface area contributed by atoms with Gasteiger partial charge in [-0.15, -0.1) is 0 Å². The minimum atomic E-state index is -0.491. The minimum absolute atomic E-state index is 0.0351. The Labute approximate surface area is 141 Å². The summed E-state index contributed by atoms with van der Waals surface area (Å²) in [6, 6.07) is 5.61. The summed E-state index contributed by atoms with van der Waals surface area (Å²) in [7, 11) is 0. The molecule has 0 spiro atoms. The summed E-state index contributed by atoms with van der Waals surface area (Å²) in [5, 5.41) is 13.6. The molecule has 1 aromatic rings. The highest BCUT2D eigenvalue weighted by atomic mass is 16.6. The fraction of sp³-hybridized carbons (Fsp3) is 0.529. The molecule has 1 aliphatic heterocycles. The van der Waals surface area contributed by atoms with Crippen molar-refractivity contribution in [2.24, 2.45) is 11.8 Å². The first kappa shape index (κ1) is 17.9. The quantitative estimate of drug-likeness (QED) is 0.660. The average Bonchev–Trinajstić information content (AvgIpc) is 2.59. The monoisotopic (exact) mass is 333 g/mol. The molecule has 1 N–H and O–H groups in total. The summed E-state index contributed by atoms with van der Waals surface area (Å²) in [5.74, 6) is 0.277. The lowest BCUT2D eigenvalue weighted by Gasteiger charge is -2.31. The number of nitro groups is 1. The number of likely N-dealkylation sites (tertiary alicyclic amines) is 1. The second-order valence-electron chi connectivity index (χ2n) is 6.51. The largest absolute Gasteiger partial charge is 0.356 e. The number of benzene rings is 1. The number of hydrogen-bond donors (Lipinski definition) is 1. The van der Waals surface area contributed by atoms with Crippen LogP contribution in [0.1, 0.15) is 37.0 Å². The molecule has 0 aliphatic carbocycles. The van der Waals surface area contributed by atoms with Crippen LogP contribution in [0.15, 0.2) is 24.3 Å². The fourth-order valence-electron chi connectivity index (χ4n) is 2.70. The first-order valence-electron chi connectivity index (χ1n) is 8.20. The Morgan fingerprint density at radius 3 is 2.33 bits per heavy atom. The highest BCUT2D eigenvalue weighted by Crippen LogP contribution is 2.20. The fourth-order valence-corrected chi connectivity index (χ4v) is 2.70. The lowest BCUT2D eigenvalue weighted by atomic mass is 9.95. The molecule has 2 rings (SSSR count). The highest BCUT2D eigenvalue weighted by molar-refractivity contribution is 5.94. The summed E-state index contributed by atoms with van der Waals surface area (Å²) in [5.41, 5.74) is 0.399. The molecule has 0 saturated carbocycles. The molecule has 130 valence electrons. The van der Waals surface area contributed by atoms with Crippen LogP contribution in [0.5, 0.6) is 0 Å². The Hall–Kier alpha value is -2.44. The number of carbonyl (C=O) groups excluding carboxylic acids is 2. The number of nitrogens with one attached hydrogen (secondary N) is 1. The number of rotatable bonds is 5. The molecule has 7 heteroatoms. The lowest BCUT2D eigenvalue weighted by Crippen LogP contribution is -2.43. The van der Waals surface area contributed by atoms with E-state index in [0.717, 1.165) is 0 Å². The van der Waals surface area contributed by atoms with Crippen molar-refractivity contribution >= 4 is 17.5 Å². The zero-order valence-corrected chi connectivity index (χ0v) is 14.0. The summed E-state index contributed by atoms with van der Waals surface area (Å²) < 4.78 is 0. The van der Waals surface area contributed by atoms with E-state index in [1.54, 1.807) is 4.90 Å². The van der Waals surface area contributed by atoms with E-state index in [9.17, 15) is 19.7 Å². The van der Waals surface area contributed by atoms with E-state index >= 15 is 0 Å². The number of nitro benzene ring substituents is 1. The van der Waals surface area contributed by atoms with E-state index in [0.29, 0.717) is 44.0 Å². The van der Waals surface area contributed by atoms with Crippen molar-refractivity contribution in [3.8, 4) is 0 Å². The SMILES string of the molecule is CC(C)CNC(=O)C1CCN(C(=O)c2ccc([N+](=O)[O-])cc2)CC1. The summed E-state index contributed by atoms with van der Waals surface area (Å²) in [6.45, 7) is 5.81. The number of amides is 2. The smallest absolute Gasteiger partial charge is 0.269 e. The number of carbonyl (C=O) groups is 2. The third-order valence-electron chi connectivity index (χ3n) is 4.16. The van der Waals surface area contributed by atoms with Crippen LogP contribution in [-0.2, 0) is 4.79 Å². The Morgan fingerprint density at radius 1 is 1.25 bits per heavy atom. The minimum Gasteiger partial charge on any atom is -0.356 e. The number of nitrogens with zero attached hydrogens (tertiary/aromatic N) is 2. The molecule has 1 heterocycles. The average molecular weight is 333 g/mol. The Morgan fingerprint density at radius 2 is 1.83 bits per heavy atom. The van der Waals surface area contributed by atoms with Gasteiger partial charge in [-0.1, -0.05) is 13.8 Å². The third-order valence-corrected chi connectivity index (χ3v) is 4.16. The van der Waals surface area contributed by atoms with Gasteiger partial charge in [0.15, 0.2) is 0 Å². The Bertz CT molecular complexity index is 605. The molecule has 0 unspecified atom stereocenters. The molecule has 1 fully saturated rings. The molecule has 24 heavy (non-hydrogen) atoms. The Kier molecular flexibility index (Phi) is 5.89. The van der Waals surface area contributed by atoms with Gasteiger partial charge in [0.2, 0.25) is 5.91 Å². The summed E-state index contributed by atoms with van der Waals surface area (Å²) in [6.07, 6.45) is 1.28. The molecule has 1 aromatic carbocycles. The van der Waals surface area contributed by atoms with Gasteiger partial charge < -0.3 is 10.2 Å². The number of hydrogen-bond acceptors (Lipinski definition) is 4. The van der Waals surface area contributed by atoms with E-state index in [1.165, 1.54) is 24.3 Å². The summed E-state index contributed by atoms with van der Waals surface area (Å²) in [4.78, 5) is 36.4. The maximum atomic E-state index is 12.4. The van der Waals surface area contributed by atoms with Gasteiger partial charge in [-0.2, -0.15) is 0 Å². The van der Waals surface area contributed by atoms with E-state index in [4.69, 9.17) is 0 Å². The van der Waals surface area contributed by atoms with Gasteiger partial charge in [0.05, 0.1) is 4.92 Å². The molecular weight excluding hydrogens is 310 g/mol. The normalized spacial score (nSPS) is 15.4. The van der Waals surface area contributed by atoms with Gasteiger partial charge in [0.1, 0.15) is 0 Å². The standard InChI is InChI=1S/C17H23N3O4/c1-12(2)11-18-16(21)13-7-9-19(10-8-13)17(22)14-3-5-15(6-4-14)20(23)24/h3-6,12-13H,7-11H2,1-2H3,(H,18,21). The van der Waals surface area contributed by atoms with E-state index < -0.39 is 4.92 Å². The zero-order valence-electron chi connectivity index (χ0n) is 14.0. The van der Waals surface area contributed by atoms with Crippen molar-refractivity contribution in [1.82, 2.24) is 10.2 Å². The van der Waals surface area contributed by atoms with Gasteiger partial charge in [-0.3, -0.25) is 19.7 Å². The van der Waals surface area contributed by atoms with Gasteiger partial charge in [0.25, 0.3) is 11.6 Å². The molecule has 1 aliphatic rings. The first-order valence-corrected chi connectivity index (χ1v) is 8.20. The van der Waals surface area contributed by atoms with Gasteiger partial charge in [0, 0.05) is 43.2 Å². The number of non-ortho nitro benzene ring substituents is 1. The van der Waals surface area contributed by atoms with E-state index in [2.05, 4.69) is 5.32 Å². The van der Waals surface area contributed by atoms with Gasteiger partial charge in [-0.05, 0) is 30.9 Å². The highest BCUT2D eigenvalue weighted by Gasteiger charge is 2.27. The lowest BCUT2D eigenvalue weighted by molar-refractivity contribution is -0.384. The topological polar surface area (TPSA) is 92.6 Å². The van der Waals surface area contributed by atoms with E-state index in [-0.39, 0.29) is 23.4 Å². The zero-order chi connectivity index (χ0) is 17.7. The van der Waals surface area contributed by atoms with Crippen molar-refractivity contribution in [3.05, 3.63) is 39.9 Å². The van der Waals surface area contributed by atoms with Crippen molar-refractivity contribution < 1.29 is 14.5 Å². The summed E-state index contributed by atoms with van der Waals surface area (Å²) >= 11 is 0. The molecule has 1 saturated heterocycles. The van der Waals surface area contributed by atoms with Crippen molar-refractivity contribution in [2.45, 2.75) is 26.7 Å². The van der Waals surface area contributed by atoms with Crippen LogP contribution >= 0.6 is 0 Å². The Balaban J connectivity index is 1.88. The van der Waals surface area contributed by atoms with E-state index in [1.807, 2.05) is 13.8 Å². The first-order chi connectivity index (χ1) is 11.4. The maximum Gasteiger partial charge on any atom is 0.269 e. The number of piperidine rings is 1. The molecule has 0 aromatic heterocycles. The van der Waals surface area contributed by atoms with Crippen LogP contribution < -0.4 is 5.32 Å². The molecule has 0 bridgehead atoms. The van der Waals surface area contributed by atoms with Gasteiger partial charge >= 0.3 is 0 Å². The molecule has 7 nitrogen and oxygen atoms in total. The molecule has 2 amide bonds. The third kappa shape index (κ3) is 4.53. The second kappa shape index (κ2) is 7.90.